The fourth-order valence-corrected chi connectivity index (χ4v) is 3.75. The second-order valence-corrected chi connectivity index (χ2v) is 5.78. The number of aromatic nitrogens is 2. The number of hydrogen-bond acceptors (Lipinski definition) is 3. The summed E-state index contributed by atoms with van der Waals surface area (Å²) in [4.78, 5) is 20.9. The highest BCUT2D eigenvalue weighted by Crippen LogP contribution is 2.45. The topological polar surface area (TPSA) is 45.8 Å². The maximum Gasteiger partial charge on any atom is 0.259 e. The zero-order valence-electron chi connectivity index (χ0n) is 8.76. The van der Waals surface area contributed by atoms with Crippen LogP contribution in [0.5, 0.6) is 0 Å². The predicted octanol–water partition coefficient (Wildman–Crippen LogP) is 2.21. The van der Waals surface area contributed by atoms with E-state index in [1.807, 2.05) is 0 Å². The minimum atomic E-state index is 0.00692. The van der Waals surface area contributed by atoms with E-state index in [2.05, 4.69) is 23.8 Å². The Labute approximate surface area is 91.2 Å². The lowest BCUT2D eigenvalue weighted by Gasteiger charge is -2.17. The minimum Gasteiger partial charge on any atom is -0.313 e. The van der Waals surface area contributed by atoms with E-state index in [0.717, 1.165) is 23.1 Å². The van der Waals surface area contributed by atoms with E-state index in [9.17, 15) is 4.79 Å². The molecule has 0 spiro atoms. The van der Waals surface area contributed by atoms with Crippen LogP contribution >= 0.6 is 11.3 Å². The first kappa shape index (κ1) is 9.09. The van der Waals surface area contributed by atoms with Crippen LogP contribution in [0.25, 0.3) is 10.2 Å². The molecule has 78 valence electrons. The first-order chi connectivity index (χ1) is 7.09. The maximum atomic E-state index is 11.8. The first-order valence-corrected chi connectivity index (χ1v) is 5.91. The van der Waals surface area contributed by atoms with Crippen LogP contribution in [0, 0.1) is 0 Å². The van der Waals surface area contributed by atoms with Gasteiger partial charge in [0, 0.05) is 4.88 Å². The van der Waals surface area contributed by atoms with Crippen molar-refractivity contribution in [3.05, 3.63) is 27.1 Å². The average molecular weight is 220 g/mol. The zero-order chi connectivity index (χ0) is 10.6. The molecule has 4 heteroatoms. The summed E-state index contributed by atoms with van der Waals surface area (Å²) in [6.07, 6.45) is 3.71. The van der Waals surface area contributed by atoms with Gasteiger partial charge in [-0.15, -0.1) is 11.3 Å². The Balaban J connectivity index is 2.50. The van der Waals surface area contributed by atoms with Crippen molar-refractivity contribution in [2.75, 3.05) is 0 Å². The molecular formula is C11H12N2OS. The molecular weight excluding hydrogens is 208 g/mol. The normalized spacial score (nSPS) is 18.3. The van der Waals surface area contributed by atoms with Gasteiger partial charge in [-0.3, -0.25) is 4.79 Å². The van der Waals surface area contributed by atoms with E-state index in [1.165, 1.54) is 16.8 Å². The Bertz CT molecular complexity index is 594. The van der Waals surface area contributed by atoms with E-state index in [4.69, 9.17) is 0 Å². The van der Waals surface area contributed by atoms with Crippen molar-refractivity contribution in [1.29, 1.82) is 0 Å². The third-order valence-electron chi connectivity index (χ3n) is 3.22. The number of nitrogens with one attached hydrogen (secondary N) is 1. The summed E-state index contributed by atoms with van der Waals surface area (Å²) < 4.78 is 0. The summed E-state index contributed by atoms with van der Waals surface area (Å²) in [7, 11) is 0. The summed E-state index contributed by atoms with van der Waals surface area (Å²) in [6, 6.07) is 0. The number of fused-ring (bicyclic) bond motifs is 3. The van der Waals surface area contributed by atoms with Gasteiger partial charge < -0.3 is 4.98 Å². The molecule has 0 saturated heterocycles. The highest BCUT2D eigenvalue weighted by atomic mass is 32.1. The van der Waals surface area contributed by atoms with Crippen LogP contribution in [0.1, 0.15) is 30.7 Å². The van der Waals surface area contributed by atoms with Crippen molar-refractivity contribution in [2.45, 2.75) is 32.1 Å². The van der Waals surface area contributed by atoms with Crippen molar-refractivity contribution >= 4 is 21.6 Å². The second-order valence-electron chi connectivity index (χ2n) is 4.70. The molecule has 1 N–H and O–H groups in total. The van der Waals surface area contributed by atoms with Crippen molar-refractivity contribution in [2.24, 2.45) is 0 Å². The molecule has 3 nitrogen and oxygen atoms in total. The van der Waals surface area contributed by atoms with Gasteiger partial charge in [-0.1, -0.05) is 13.8 Å². The SMILES string of the molecule is CC1(C)CCc2sc3nc[nH]c(=O)c3c21. The van der Waals surface area contributed by atoms with Gasteiger partial charge in [-0.05, 0) is 23.8 Å². The molecule has 0 amide bonds. The lowest BCUT2D eigenvalue weighted by atomic mass is 9.86. The molecule has 0 atom stereocenters. The largest absolute Gasteiger partial charge is 0.313 e. The summed E-state index contributed by atoms with van der Waals surface area (Å²) >= 11 is 1.67. The van der Waals surface area contributed by atoms with Gasteiger partial charge in [-0.2, -0.15) is 0 Å². The van der Waals surface area contributed by atoms with Gasteiger partial charge in [0.15, 0.2) is 0 Å². The number of rotatable bonds is 0. The van der Waals surface area contributed by atoms with Gasteiger partial charge in [-0.25, -0.2) is 4.98 Å². The van der Waals surface area contributed by atoms with Crippen LogP contribution in [0.2, 0.25) is 0 Å². The van der Waals surface area contributed by atoms with E-state index in [0.29, 0.717) is 0 Å². The molecule has 15 heavy (non-hydrogen) atoms. The Morgan fingerprint density at radius 3 is 3.13 bits per heavy atom. The second kappa shape index (κ2) is 2.70. The lowest BCUT2D eigenvalue weighted by molar-refractivity contribution is 0.525. The van der Waals surface area contributed by atoms with Crippen molar-refractivity contribution in [1.82, 2.24) is 9.97 Å². The molecule has 0 aliphatic heterocycles. The number of aromatic amines is 1. The van der Waals surface area contributed by atoms with Gasteiger partial charge in [0.05, 0.1) is 11.7 Å². The first-order valence-electron chi connectivity index (χ1n) is 5.09. The van der Waals surface area contributed by atoms with Gasteiger partial charge >= 0.3 is 0 Å². The molecule has 1 aliphatic carbocycles. The molecule has 2 aromatic heterocycles. The molecule has 0 fully saturated rings. The predicted molar refractivity (Wildman–Crippen MR) is 61.6 cm³/mol. The summed E-state index contributed by atoms with van der Waals surface area (Å²) in [6.45, 7) is 4.41. The van der Waals surface area contributed by atoms with Gasteiger partial charge in [0.1, 0.15) is 4.83 Å². The minimum absolute atomic E-state index is 0.00692. The Morgan fingerprint density at radius 1 is 1.53 bits per heavy atom. The van der Waals surface area contributed by atoms with Crippen LogP contribution in [-0.2, 0) is 11.8 Å². The van der Waals surface area contributed by atoms with E-state index >= 15 is 0 Å². The Hall–Kier alpha value is -1.16. The fraction of sp³-hybridized carbons (Fsp3) is 0.455. The molecule has 2 aromatic rings. The molecule has 0 aromatic carbocycles. The highest BCUT2D eigenvalue weighted by molar-refractivity contribution is 7.18. The molecule has 0 bridgehead atoms. The van der Waals surface area contributed by atoms with Crippen molar-refractivity contribution < 1.29 is 0 Å². The van der Waals surface area contributed by atoms with E-state index in [-0.39, 0.29) is 11.0 Å². The Kier molecular flexibility index (Phi) is 1.63. The molecule has 0 saturated carbocycles. The summed E-state index contributed by atoms with van der Waals surface area (Å²) in [5.41, 5.74) is 1.37. The van der Waals surface area contributed by atoms with Crippen molar-refractivity contribution in [3.8, 4) is 0 Å². The van der Waals surface area contributed by atoms with Crippen LogP contribution in [0.15, 0.2) is 11.1 Å². The standard InChI is InChI=1S/C11H12N2OS/c1-11(2)4-3-6-8(11)7-9(14)12-5-13-10(7)15-6/h5H,3-4H2,1-2H3,(H,12,13,14). The fourth-order valence-electron chi connectivity index (χ4n) is 2.43. The number of thiophene rings is 1. The van der Waals surface area contributed by atoms with E-state index in [1.54, 1.807) is 11.3 Å². The average Bonchev–Trinajstić information content (AvgIpc) is 2.66. The maximum absolute atomic E-state index is 11.8. The quantitative estimate of drug-likeness (QED) is 0.740. The number of hydrogen-bond donors (Lipinski definition) is 1. The number of H-pyrrole nitrogens is 1. The lowest BCUT2D eigenvalue weighted by Crippen LogP contribution is -2.16. The third-order valence-corrected chi connectivity index (χ3v) is 4.38. The number of aryl methyl sites for hydroxylation is 1. The molecule has 0 unspecified atom stereocenters. The molecule has 1 aliphatic rings. The van der Waals surface area contributed by atoms with Crippen molar-refractivity contribution in [3.63, 3.8) is 0 Å². The smallest absolute Gasteiger partial charge is 0.259 e. The third kappa shape index (κ3) is 1.11. The van der Waals surface area contributed by atoms with Gasteiger partial charge in [0.25, 0.3) is 5.56 Å². The van der Waals surface area contributed by atoms with Gasteiger partial charge in [0.2, 0.25) is 0 Å². The Morgan fingerprint density at radius 2 is 2.33 bits per heavy atom. The molecule has 2 heterocycles. The van der Waals surface area contributed by atoms with E-state index < -0.39 is 0 Å². The summed E-state index contributed by atoms with van der Waals surface area (Å²) in [5, 5.41) is 0.819. The highest BCUT2D eigenvalue weighted by Gasteiger charge is 2.34. The monoisotopic (exact) mass is 220 g/mol. The van der Waals surface area contributed by atoms with Crippen LogP contribution < -0.4 is 5.56 Å². The number of nitrogens with zero attached hydrogens (tertiary/aromatic N) is 1. The molecule has 0 radical (unpaired) electrons. The molecule has 3 rings (SSSR count). The summed E-state index contributed by atoms with van der Waals surface area (Å²) in [5.74, 6) is 0. The van der Waals surface area contributed by atoms with Crippen LogP contribution in [0.4, 0.5) is 0 Å². The van der Waals surface area contributed by atoms with Crippen LogP contribution in [-0.4, -0.2) is 9.97 Å². The van der Waals surface area contributed by atoms with Crippen LogP contribution in [0.3, 0.4) is 0 Å². The zero-order valence-corrected chi connectivity index (χ0v) is 9.57.